The Kier molecular flexibility index (Phi) is 4.02. The molecule has 0 aromatic heterocycles. The second-order valence-electron chi connectivity index (χ2n) is 4.12. The summed E-state index contributed by atoms with van der Waals surface area (Å²) in [6.07, 6.45) is 0. The second-order valence-corrected chi connectivity index (χ2v) is 4.53. The van der Waals surface area contributed by atoms with E-state index in [9.17, 15) is 8.78 Å². The van der Waals surface area contributed by atoms with Gasteiger partial charge in [0.2, 0.25) is 0 Å². The van der Waals surface area contributed by atoms with Crippen molar-refractivity contribution in [3.05, 3.63) is 58.6 Å². The molecule has 5 heteroatoms. The minimum absolute atomic E-state index is 0.0279. The molecular weight excluding hydrogens is 272 g/mol. The van der Waals surface area contributed by atoms with Gasteiger partial charge in [-0.3, -0.25) is 0 Å². The fourth-order valence-corrected chi connectivity index (χ4v) is 1.82. The lowest BCUT2D eigenvalue weighted by atomic mass is 10.1. The monoisotopic (exact) mass is 283 g/mol. The van der Waals surface area contributed by atoms with Gasteiger partial charge < -0.3 is 10.5 Å². The molecule has 0 unspecified atom stereocenters. The van der Waals surface area contributed by atoms with E-state index in [4.69, 9.17) is 22.1 Å². The smallest absolute Gasteiger partial charge is 0.167 e. The average molecular weight is 284 g/mol. The molecule has 2 rings (SSSR count). The van der Waals surface area contributed by atoms with Crippen molar-refractivity contribution in [2.75, 3.05) is 0 Å². The largest absolute Gasteiger partial charge is 0.454 e. The summed E-state index contributed by atoms with van der Waals surface area (Å²) >= 11 is 5.65. The van der Waals surface area contributed by atoms with E-state index in [1.54, 1.807) is 19.1 Å². The maximum Gasteiger partial charge on any atom is 0.167 e. The van der Waals surface area contributed by atoms with E-state index in [-0.39, 0.29) is 22.6 Å². The summed E-state index contributed by atoms with van der Waals surface area (Å²) in [5.74, 6) is -0.816. The van der Waals surface area contributed by atoms with Crippen LogP contribution in [0.3, 0.4) is 0 Å². The molecule has 0 bridgehead atoms. The molecule has 0 radical (unpaired) electrons. The van der Waals surface area contributed by atoms with E-state index in [1.165, 1.54) is 18.2 Å². The van der Waals surface area contributed by atoms with Gasteiger partial charge in [0.15, 0.2) is 11.6 Å². The molecule has 2 N–H and O–H groups in total. The number of benzene rings is 2. The predicted octanol–water partition coefficient (Wildman–Crippen LogP) is 4.43. The molecule has 0 saturated heterocycles. The van der Waals surface area contributed by atoms with Crippen LogP contribution >= 0.6 is 11.6 Å². The van der Waals surface area contributed by atoms with Crippen LogP contribution in [0.15, 0.2) is 36.4 Å². The van der Waals surface area contributed by atoms with E-state index >= 15 is 0 Å². The van der Waals surface area contributed by atoms with Gasteiger partial charge in [-0.15, -0.1) is 0 Å². The van der Waals surface area contributed by atoms with E-state index in [2.05, 4.69) is 0 Å². The fourth-order valence-electron chi connectivity index (χ4n) is 1.65. The van der Waals surface area contributed by atoms with Gasteiger partial charge in [-0.05, 0) is 25.1 Å². The highest BCUT2D eigenvalue weighted by atomic mass is 35.5. The zero-order valence-electron chi connectivity index (χ0n) is 10.2. The molecule has 0 fully saturated rings. The highest BCUT2D eigenvalue weighted by Crippen LogP contribution is 2.32. The van der Waals surface area contributed by atoms with Gasteiger partial charge in [0, 0.05) is 17.7 Å². The first-order chi connectivity index (χ1) is 8.99. The van der Waals surface area contributed by atoms with Crippen LogP contribution in [0.4, 0.5) is 8.78 Å². The highest BCUT2D eigenvalue weighted by Gasteiger charge is 2.14. The van der Waals surface area contributed by atoms with Crippen LogP contribution in [0.5, 0.6) is 11.5 Å². The van der Waals surface area contributed by atoms with Gasteiger partial charge in [-0.2, -0.15) is 0 Å². The zero-order valence-corrected chi connectivity index (χ0v) is 10.9. The number of halogens is 3. The van der Waals surface area contributed by atoms with Crippen LogP contribution in [-0.2, 0) is 0 Å². The maximum atomic E-state index is 13.8. The summed E-state index contributed by atoms with van der Waals surface area (Å²) in [6.45, 7) is 1.72. The summed E-state index contributed by atoms with van der Waals surface area (Å²) in [5, 5.41) is -0.0869. The first-order valence-electron chi connectivity index (χ1n) is 5.66. The van der Waals surface area contributed by atoms with Crippen molar-refractivity contribution < 1.29 is 13.5 Å². The third kappa shape index (κ3) is 3.03. The van der Waals surface area contributed by atoms with Crippen molar-refractivity contribution in [2.24, 2.45) is 5.73 Å². The summed E-state index contributed by atoms with van der Waals surface area (Å²) < 4.78 is 32.3. The molecule has 2 aromatic carbocycles. The lowest BCUT2D eigenvalue weighted by Gasteiger charge is -2.14. The predicted molar refractivity (Wildman–Crippen MR) is 70.5 cm³/mol. The summed E-state index contributed by atoms with van der Waals surface area (Å²) in [4.78, 5) is 0. The molecule has 100 valence electrons. The topological polar surface area (TPSA) is 35.2 Å². The summed E-state index contributed by atoms with van der Waals surface area (Å²) in [6, 6.07) is 7.93. The molecule has 0 spiro atoms. The van der Waals surface area contributed by atoms with Crippen LogP contribution in [-0.4, -0.2) is 0 Å². The number of hydrogen-bond acceptors (Lipinski definition) is 2. The van der Waals surface area contributed by atoms with Crippen LogP contribution in [0.2, 0.25) is 5.02 Å². The average Bonchev–Trinajstić information content (AvgIpc) is 2.36. The molecule has 0 saturated carbocycles. The Balaban J connectivity index is 2.40. The third-order valence-electron chi connectivity index (χ3n) is 2.60. The standard InChI is InChI=1S/C14H12ClF2NO/c1-8(18)10-3-2-4-13(17)14(10)19-9-5-6-12(16)11(15)7-9/h2-8H,18H2,1H3/t8-/m1/s1. The van der Waals surface area contributed by atoms with Crippen LogP contribution in [0.1, 0.15) is 18.5 Å². The van der Waals surface area contributed by atoms with Crippen molar-refractivity contribution in [2.45, 2.75) is 13.0 Å². The van der Waals surface area contributed by atoms with Gasteiger partial charge in [-0.25, -0.2) is 8.78 Å². The Morgan fingerprint density at radius 2 is 1.89 bits per heavy atom. The van der Waals surface area contributed by atoms with Gasteiger partial charge in [0.25, 0.3) is 0 Å². The highest BCUT2D eigenvalue weighted by molar-refractivity contribution is 6.30. The molecule has 0 aliphatic rings. The second kappa shape index (κ2) is 5.55. The Labute approximate surface area is 114 Å². The number of rotatable bonds is 3. The van der Waals surface area contributed by atoms with E-state index in [0.29, 0.717) is 5.56 Å². The minimum atomic E-state index is -0.560. The molecule has 19 heavy (non-hydrogen) atoms. The maximum absolute atomic E-state index is 13.8. The van der Waals surface area contributed by atoms with Crippen molar-refractivity contribution in [3.8, 4) is 11.5 Å². The normalized spacial score (nSPS) is 12.3. The molecule has 0 amide bonds. The first-order valence-corrected chi connectivity index (χ1v) is 6.03. The number of ether oxygens (including phenoxy) is 1. The quantitative estimate of drug-likeness (QED) is 0.904. The van der Waals surface area contributed by atoms with Crippen LogP contribution in [0, 0.1) is 11.6 Å². The lowest BCUT2D eigenvalue weighted by molar-refractivity contribution is 0.431. The number of hydrogen-bond donors (Lipinski definition) is 1. The van der Waals surface area contributed by atoms with Crippen LogP contribution < -0.4 is 10.5 Å². The summed E-state index contributed by atoms with van der Waals surface area (Å²) in [7, 11) is 0. The van der Waals surface area contributed by atoms with E-state index in [0.717, 1.165) is 6.07 Å². The fraction of sp³-hybridized carbons (Fsp3) is 0.143. The zero-order chi connectivity index (χ0) is 14.0. The number of para-hydroxylation sites is 1. The lowest BCUT2D eigenvalue weighted by Crippen LogP contribution is -2.07. The Morgan fingerprint density at radius 1 is 1.16 bits per heavy atom. The van der Waals surface area contributed by atoms with Gasteiger partial charge in [0.1, 0.15) is 11.6 Å². The van der Waals surface area contributed by atoms with Crippen molar-refractivity contribution >= 4 is 11.6 Å². The van der Waals surface area contributed by atoms with Gasteiger partial charge in [-0.1, -0.05) is 23.7 Å². The van der Waals surface area contributed by atoms with Crippen molar-refractivity contribution in [3.63, 3.8) is 0 Å². The molecular formula is C14H12ClF2NO. The SMILES string of the molecule is C[C@@H](N)c1cccc(F)c1Oc1ccc(F)c(Cl)c1. The molecule has 0 aliphatic heterocycles. The number of nitrogens with two attached hydrogens (primary N) is 1. The van der Waals surface area contributed by atoms with Gasteiger partial charge in [0.05, 0.1) is 5.02 Å². The molecule has 1 atom stereocenters. The van der Waals surface area contributed by atoms with E-state index in [1.807, 2.05) is 0 Å². The Morgan fingerprint density at radius 3 is 2.53 bits per heavy atom. The molecule has 0 aliphatic carbocycles. The minimum Gasteiger partial charge on any atom is -0.454 e. The van der Waals surface area contributed by atoms with Crippen LogP contribution in [0.25, 0.3) is 0 Å². The third-order valence-corrected chi connectivity index (χ3v) is 2.89. The summed E-state index contributed by atoms with van der Waals surface area (Å²) in [5.41, 5.74) is 6.29. The molecule has 2 aromatic rings. The van der Waals surface area contributed by atoms with E-state index < -0.39 is 11.6 Å². The molecule has 0 heterocycles. The molecule has 2 nitrogen and oxygen atoms in total. The van der Waals surface area contributed by atoms with Crippen molar-refractivity contribution in [1.82, 2.24) is 0 Å². The Hall–Kier alpha value is -1.65. The first kappa shape index (κ1) is 13.8. The van der Waals surface area contributed by atoms with Crippen molar-refractivity contribution in [1.29, 1.82) is 0 Å². The van der Waals surface area contributed by atoms with Gasteiger partial charge >= 0.3 is 0 Å². The Bertz CT molecular complexity index is 602.